The Morgan fingerprint density at radius 3 is 2.55 bits per heavy atom. The number of carbonyl (C=O) groups excluding carboxylic acids is 3. The molecule has 2 aromatic rings. The molecule has 2 saturated heterocycles. The predicted octanol–water partition coefficient (Wildman–Crippen LogP) is 3.48. The predicted molar refractivity (Wildman–Crippen MR) is 107 cm³/mol. The van der Waals surface area contributed by atoms with Crippen molar-refractivity contribution in [3.05, 3.63) is 52.6 Å². The number of carbonyl (C=O) groups is 3. The van der Waals surface area contributed by atoms with Crippen LogP contribution in [0.25, 0.3) is 17.4 Å². The van der Waals surface area contributed by atoms with Crippen molar-refractivity contribution in [3.8, 4) is 17.4 Å². The van der Waals surface area contributed by atoms with Crippen LogP contribution < -0.4 is 0 Å². The number of hydrogen-bond donors (Lipinski definition) is 0. The summed E-state index contributed by atoms with van der Waals surface area (Å²) in [6, 6.07) is 12.5. The number of rotatable bonds is 4. The topological polar surface area (TPSA) is 94.6 Å². The van der Waals surface area contributed by atoms with Gasteiger partial charge in [0.05, 0.1) is 16.5 Å². The van der Waals surface area contributed by atoms with Crippen molar-refractivity contribution < 1.29 is 18.8 Å². The Hall–Kier alpha value is -3.31. The minimum absolute atomic E-state index is 0.202. The second-order valence-corrected chi connectivity index (χ2v) is 7.74. The van der Waals surface area contributed by atoms with Crippen LogP contribution in [-0.2, 0) is 9.59 Å². The zero-order valence-corrected chi connectivity index (χ0v) is 16.3. The third-order valence-corrected chi connectivity index (χ3v) is 5.73. The molecule has 146 valence electrons. The largest absolute Gasteiger partial charge is 0.457 e. The Kier molecular flexibility index (Phi) is 5.23. The molecular formula is C21H17N3O4S. The molecule has 0 saturated carbocycles. The van der Waals surface area contributed by atoms with Gasteiger partial charge in [-0.25, -0.2) is 0 Å². The molecule has 8 heteroatoms. The first kappa shape index (κ1) is 19.0. The molecule has 3 amide bonds. The van der Waals surface area contributed by atoms with Crippen LogP contribution in [-0.4, -0.2) is 46.5 Å². The van der Waals surface area contributed by atoms with Gasteiger partial charge in [0.2, 0.25) is 5.91 Å². The van der Waals surface area contributed by atoms with E-state index in [4.69, 9.17) is 9.68 Å². The lowest BCUT2D eigenvalue weighted by atomic mass is 10.1. The number of imide groups is 1. The Bertz CT molecular complexity index is 1040. The van der Waals surface area contributed by atoms with E-state index in [-0.39, 0.29) is 17.4 Å². The Balaban J connectivity index is 1.48. The number of benzene rings is 1. The molecule has 0 aliphatic carbocycles. The highest BCUT2D eigenvalue weighted by Gasteiger charge is 2.37. The van der Waals surface area contributed by atoms with Crippen molar-refractivity contribution in [2.24, 2.45) is 0 Å². The Morgan fingerprint density at radius 1 is 1.14 bits per heavy atom. The number of nitrogens with zero attached hydrogens (tertiary/aromatic N) is 3. The zero-order valence-electron chi connectivity index (χ0n) is 15.5. The second kappa shape index (κ2) is 7.97. The van der Waals surface area contributed by atoms with E-state index in [2.05, 4.69) is 6.07 Å². The van der Waals surface area contributed by atoms with E-state index >= 15 is 0 Å². The van der Waals surface area contributed by atoms with E-state index in [9.17, 15) is 14.4 Å². The summed E-state index contributed by atoms with van der Waals surface area (Å²) in [5.74, 6) is 0.334. The fraction of sp³-hybridized carbons (Fsp3) is 0.238. The molecule has 29 heavy (non-hydrogen) atoms. The van der Waals surface area contributed by atoms with Crippen molar-refractivity contribution in [3.63, 3.8) is 0 Å². The first-order valence-electron chi connectivity index (χ1n) is 9.18. The number of thioether (sulfide) groups is 1. The summed E-state index contributed by atoms with van der Waals surface area (Å²) in [6.45, 7) is 1.13. The highest BCUT2D eigenvalue weighted by atomic mass is 32.2. The summed E-state index contributed by atoms with van der Waals surface area (Å²) >= 11 is 0.803. The van der Waals surface area contributed by atoms with Gasteiger partial charge < -0.3 is 9.32 Å². The third kappa shape index (κ3) is 3.96. The van der Waals surface area contributed by atoms with Gasteiger partial charge in [0.1, 0.15) is 18.1 Å². The minimum atomic E-state index is -0.483. The lowest BCUT2D eigenvalue weighted by molar-refractivity contribution is -0.135. The summed E-state index contributed by atoms with van der Waals surface area (Å²) in [5.41, 5.74) is 1.35. The molecule has 4 rings (SSSR count). The fourth-order valence-electron chi connectivity index (χ4n) is 3.26. The van der Waals surface area contributed by atoms with Gasteiger partial charge in [0.15, 0.2) is 0 Å². The van der Waals surface area contributed by atoms with Crippen LogP contribution in [0.2, 0.25) is 0 Å². The molecule has 1 aromatic heterocycles. The van der Waals surface area contributed by atoms with E-state index in [0.717, 1.165) is 35.1 Å². The minimum Gasteiger partial charge on any atom is -0.457 e. The molecule has 0 N–H and O–H groups in total. The second-order valence-electron chi connectivity index (χ2n) is 6.75. The van der Waals surface area contributed by atoms with Crippen molar-refractivity contribution >= 4 is 34.9 Å². The zero-order chi connectivity index (χ0) is 20.4. The van der Waals surface area contributed by atoms with Crippen LogP contribution in [0, 0.1) is 11.3 Å². The van der Waals surface area contributed by atoms with Crippen LogP contribution in [0.15, 0.2) is 45.7 Å². The molecule has 2 aliphatic rings. The average molecular weight is 407 g/mol. The van der Waals surface area contributed by atoms with Crippen molar-refractivity contribution in [1.29, 1.82) is 5.26 Å². The van der Waals surface area contributed by atoms with Crippen LogP contribution in [0.1, 0.15) is 24.2 Å². The number of hydrogen-bond acceptors (Lipinski definition) is 6. The molecule has 0 unspecified atom stereocenters. The third-order valence-electron chi connectivity index (χ3n) is 4.82. The van der Waals surface area contributed by atoms with Crippen LogP contribution in [0.5, 0.6) is 0 Å². The van der Waals surface area contributed by atoms with Gasteiger partial charge >= 0.3 is 0 Å². The molecule has 0 radical (unpaired) electrons. The summed E-state index contributed by atoms with van der Waals surface area (Å²) < 4.78 is 5.76. The number of likely N-dealkylation sites (tertiary alicyclic amines) is 1. The maximum Gasteiger partial charge on any atom is 0.294 e. The van der Waals surface area contributed by atoms with Gasteiger partial charge in [-0.1, -0.05) is 0 Å². The quantitative estimate of drug-likeness (QED) is 0.720. The van der Waals surface area contributed by atoms with Gasteiger partial charge in [-0.2, -0.15) is 5.26 Å². The summed E-state index contributed by atoms with van der Waals surface area (Å²) in [5, 5.41) is 8.42. The first-order valence-corrected chi connectivity index (χ1v) is 10.0. The summed E-state index contributed by atoms with van der Waals surface area (Å²) in [4.78, 5) is 40.0. The monoisotopic (exact) mass is 407 g/mol. The molecule has 2 aliphatic heterocycles. The van der Waals surface area contributed by atoms with E-state index in [1.54, 1.807) is 41.3 Å². The van der Waals surface area contributed by atoms with Crippen molar-refractivity contribution in [2.75, 3.05) is 19.6 Å². The molecule has 7 nitrogen and oxygen atoms in total. The van der Waals surface area contributed by atoms with Gasteiger partial charge in [0, 0.05) is 24.7 Å². The molecular weight excluding hydrogens is 390 g/mol. The Labute approximate surface area is 171 Å². The van der Waals surface area contributed by atoms with Gasteiger partial charge in [-0.3, -0.25) is 19.3 Å². The number of nitriles is 1. The number of furan rings is 1. The van der Waals surface area contributed by atoms with Gasteiger partial charge in [-0.05, 0) is 61.0 Å². The lowest BCUT2D eigenvalue weighted by Gasteiger charge is -2.18. The van der Waals surface area contributed by atoms with Crippen molar-refractivity contribution in [2.45, 2.75) is 12.8 Å². The van der Waals surface area contributed by atoms with E-state index in [1.807, 2.05) is 0 Å². The van der Waals surface area contributed by atoms with E-state index in [0.29, 0.717) is 30.2 Å². The molecule has 1 aromatic carbocycles. The highest BCUT2D eigenvalue weighted by molar-refractivity contribution is 8.18. The van der Waals surface area contributed by atoms with Gasteiger partial charge in [0.25, 0.3) is 11.1 Å². The van der Waals surface area contributed by atoms with E-state index in [1.165, 1.54) is 6.08 Å². The summed E-state index contributed by atoms with van der Waals surface area (Å²) in [7, 11) is 0. The Morgan fingerprint density at radius 2 is 1.86 bits per heavy atom. The van der Waals surface area contributed by atoms with Crippen LogP contribution in [0.4, 0.5) is 4.79 Å². The maximum atomic E-state index is 12.6. The van der Waals surface area contributed by atoms with Crippen molar-refractivity contribution in [1.82, 2.24) is 9.80 Å². The maximum absolute atomic E-state index is 12.6. The lowest BCUT2D eigenvalue weighted by Crippen LogP contribution is -2.40. The molecule has 2 fully saturated rings. The molecule has 0 spiro atoms. The SMILES string of the molecule is N#Cc1ccc(-c2ccc(C=C3SC(=O)N(CC(=O)N4CCCC4)C3=O)o2)cc1. The van der Waals surface area contributed by atoms with Gasteiger partial charge in [-0.15, -0.1) is 0 Å². The first-order chi connectivity index (χ1) is 14.0. The summed E-state index contributed by atoms with van der Waals surface area (Å²) in [6.07, 6.45) is 3.42. The number of amides is 3. The highest BCUT2D eigenvalue weighted by Crippen LogP contribution is 2.33. The fourth-order valence-corrected chi connectivity index (χ4v) is 4.08. The van der Waals surface area contributed by atoms with E-state index < -0.39 is 11.1 Å². The normalized spacial score (nSPS) is 18.0. The smallest absolute Gasteiger partial charge is 0.294 e. The molecule has 0 bridgehead atoms. The molecule has 3 heterocycles. The van der Waals surface area contributed by atoms with Crippen LogP contribution >= 0.6 is 11.8 Å². The average Bonchev–Trinajstić information content (AvgIpc) is 3.47. The van der Waals surface area contributed by atoms with Crippen LogP contribution in [0.3, 0.4) is 0 Å². The molecule has 0 atom stereocenters. The standard InChI is InChI=1S/C21H17N3O4S/c22-12-14-3-5-15(6-4-14)17-8-7-16(28-17)11-18-20(26)24(21(27)29-18)13-19(25)23-9-1-2-10-23/h3-8,11H,1-2,9-10,13H2.